The minimum Gasteiger partial charge on any atom is -0.368 e. The van der Waals surface area contributed by atoms with Crippen molar-refractivity contribution >= 4 is 33.2 Å². The van der Waals surface area contributed by atoms with Crippen molar-refractivity contribution in [3.8, 4) is 0 Å². The molecule has 3 rings (SSSR count). The second-order valence-corrected chi connectivity index (χ2v) is 9.62. The van der Waals surface area contributed by atoms with Crippen LogP contribution in [-0.4, -0.2) is 69.1 Å². The van der Waals surface area contributed by atoms with Gasteiger partial charge in [0.25, 0.3) is 0 Å². The van der Waals surface area contributed by atoms with E-state index in [4.69, 9.17) is 11.6 Å². The normalized spacial score (nSPS) is 22.5. The van der Waals surface area contributed by atoms with Gasteiger partial charge in [-0.05, 0) is 37.5 Å². The Morgan fingerprint density at radius 3 is 2.50 bits per heavy atom. The van der Waals surface area contributed by atoms with Gasteiger partial charge >= 0.3 is 0 Å². The second kappa shape index (κ2) is 7.74. The van der Waals surface area contributed by atoms with Crippen LogP contribution in [0.5, 0.6) is 0 Å². The zero-order chi connectivity index (χ0) is 18.9. The van der Waals surface area contributed by atoms with E-state index in [1.54, 1.807) is 0 Å². The van der Waals surface area contributed by atoms with Crippen LogP contribution in [0.3, 0.4) is 0 Å². The quantitative estimate of drug-likeness (QED) is 0.779. The third kappa shape index (κ3) is 4.32. The number of amides is 1. The summed E-state index contributed by atoms with van der Waals surface area (Å²) < 4.78 is 25.0. The SMILES string of the molecule is Cc1ccc(Cl)cc1N1CCN(C(=O)[C@@H]2CCCN(S(C)(=O)=O)C2)CC1. The lowest BCUT2D eigenvalue weighted by Gasteiger charge is -2.39. The van der Waals surface area contributed by atoms with E-state index < -0.39 is 10.0 Å². The summed E-state index contributed by atoms with van der Waals surface area (Å²) in [6.45, 7) is 5.71. The average molecular weight is 400 g/mol. The van der Waals surface area contributed by atoms with Gasteiger partial charge in [0.15, 0.2) is 0 Å². The summed E-state index contributed by atoms with van der Waals surface area (Å²) in [5.41, 5.74) is 2.29. The molecule has 0 spiro atoms. The van der Waals surface area contributed by atoms with Crippen molar-refractivity contribution in [3.05, 3.63) is 28.8 Å². The van der Waals surface area contributed by atoms with E-state index in [2.05, 4.69) is 11.8 Å². The molecule has 1 atom stereocenters. The summed E-state index contributed by atoms with van der Waals surface area (Å²) >= 11 is 6.12. The average Bonchev–Trinajstić information content (AvgIpc) is 2.63. The molecule has 0 unspecified atom stereocenters. The van der Waals surface area contributed by atoms with Crippen molar-refractivity contribution in [2.45, 2.75) is 19.8 Å². The predicted molar refractivity (Wildman–Crippen MR) is 104 cm³/mol. The van der Waals surface area contributed by atoms with Gasteiger partial charge in [0, 0.05) is 50.0 Å². The first-order valence-electron chi connectivity index (χ1n) is 9.01. The van der Waals surface area contributed by atoms with Crippen molar-refractivity contribution in [3.63, 3.8) is 0 Å². The Labute approximate surface area is 160 Å². The molecule has 0 aromatic heterocycles. The highest BCUT2D eigenvalue weighted by molar-refractivity contribution is 7.88. The summed E-state index contributed by atoms with van der Waals surface area (Å²) in [4.78, 5) is 17.0. The number of anilines is 1. The first-order valence-corrected chi connectivity index (χ1v) is 11.2. The maximum absolute atomic E-state index is 12.9. The Balaban J connectivity index is 1.61. The molecule has 2 fully saturated rings. The second-order valence-electron chi connectivity index (χ2n) is 7.20. The Morgan fingerprint density at radius 1 is 1.15 bits per heavy atom. The predicted octanol–water partition coefficient (Wildman–Crippen LogP) is 1.97. The largest absolute Gasteiger partial charge is 0.368 e. The number of hydrogen-bond acceptors (Lipinski definition) is 4. The summed E-state index contributed by atoms with van der Waals surface area (Å²) in [6.07, 6.45) is 2.72. The molecule has 2 saturated heterocycles. The summed E-state index contributed by atoms with van der Waals surface area (Å²) in [6, 6.07) is 5.87. The molecule has 1 aromatic carbocycles. The van der Waals surface area contributed by atoms with Crippen molar-refractivity contribution in [1.82, 2.24) is 9.21 Å². The molecule has 0 saturated carbocycles. The fourth-order valence-electron chi connectivity index (χ4n) is 3.79. The van der Waals surface area contributed by atoms with Crippen LogP contribution in [0.4, 0.5) is 5.69 Å². The first kappa shape index (κ1) is 19.5. The Morgan fingerprint density at radius 2 is 1.85 bits per heavy atom. The molecular weight excluding hydrogens is 374 g/mol. The standard InChI is InChI=1S/C18H26ClN3O3S/c1-14-5-6-16(19)12-17(14)20-8-10-21(11-9-20)18(23)15-4-3-7-22(13-15)26(2,24)25/h5-6,12,15H,3-4,7-11,13H2,1-2H3/t15-/m1/s1. The minimum atomic E-state index is -3.23. The number of carbonyl (C=O) groups is 1. The Kier molecular flexibility index (Phi) is 5.79. The molecule has 8 heteroatoms. The molecular formula is C18H26ClN3O3S. The number of nitrogens with zero attached hydrogens (tertiary/aromatic N) is 3. The molecule has 2 aliphatic heterocycles. The van der Waals surface area contributed by atoms with E-state index in [-0.39, 0.29) is 11.8 Å². The summed E-state index contributed by atoms with van der Waals surface area (Å²) in [7, 11) is -3.23. The van der Waals surface area contributed by atoms with E-state index in [0.717, 1.165) is 31.6 Å². The summed E-state index contributed by atoms with van der Waals surface area (Å²) in [5.74, 6) is -0.140. The van der Waals surface area contributed by atoms with Crippen LogP contribution >= 0.6 is 11.6 Å². The van der Waals surface area contributed by atoms with Crippen LogP contribution < -0.4 is 4.90 Å². The fourth-order valence-corrected chi connectivity index (χ4v) is 4.87. The van der Waals surface area contributed by atoms with E-state index in [1.165, 1.54) is 16.1 Å². The minimum absolute atomic E-state index is 0.0841. The van der Waals surface area contributed by atoms with Crippen LogP contribution in [0.25, 0.3) is 0 Å². The third-order valence-electron chi connectivity index (χ3n) is 5.31. The smallest absolute Gasteiger partial charge is 0.227 e. The molecule has 0 aliphatic carbocycles. The highest BCUT2D eigenvalue weighted by atomic mass is 35.5. The molecule has 26 heavy (non-hydrogen) atoms. The maximum atomic E-state index is 12.9. The van der Waals surface area contributed by atoms with Crippen LogP contribution in [0, 0.1) is 12.8 Å². The molecule has 0 radical (unpaired) electrons. The Bertz CT molecular complexity index is 776. The van der Waals surface area contributed by atoms with E-state index in [1.807, 2.05) is 23.1 Å². The molecule has 1 aromatic rings. The van der Waals surface area contributed by atoms with Gasteiger partial charge in [-0.2, -0.15) is 0 Å². The third-order valence-corrected chi connectivity index (χ3v) is 6.81. The highest BCUT2D eigenvalue weighted by Crippen LogP contribution is 2.26. The monoisotopic (exact) mass is 399 g/mol. The molecule has 0 bridgehead atoms. The topological polar surface area (TPSA) is 60.9 Å². The van der Waals surface area contributed by atoms with Crippen LogP contribution in [-0.2, 0) is 14.8 Å². The maximum Gasteiger partial charge on any atom is 0.227 e. The van der Waals surface area contributed by atoms with Gasteiger partial charge in [-0.3, -0.25) is 4.79 Å². The summed E-state index contributed by atoms with van der Waals surface area (Å²) in [5, 5.41) is 0.715. The van der Waals surface area contributed by atoms with E-state index in [9.17, 15) is 13.2 Å². The number of hydrogen-bond donors (Lipinski definition) is 0. The molecule has 2 heterocycles. The fraction of sp³-hybridized carbons (Fsp3) is 0.611. The molecule has 6 nitrogen and oxygen atoms in total. The van der Waals surface area contributed by atoms with Gasteiger partial charge in [0.05, 0.1) is 12.2 Å². The number of rotatable bonds is 3. The van der Waals surface area contributed by atoms with Crippen molar-refractivity contribution in [2.75, 3.05) is 50.4 Å². The number of carbonyl (C=O) groups excluding carboxylic acids is 1. The van der Waals surface area contributed by atoms with Gasteiger partial charge < -0.3 is 9.80 Å². The van der Waals surface area contributed by atoms with Gasteiger partial charge in [-0.1, -0.05) is 17.7 Å². The lowest BCUT2D eigenvalue weighted by atomic mass is 9.97. The Hall–Kier alpha value is -1.31. The molecule has 2 aliphatic rings. The van der Waals surface area contributed by atoms with E-state index in [0.29, 0.717) is 31.2 Å². The lowest BCUT2D eigenvalue weighted by molar-refractivity contribution is -0.137. The van der Waals surface area contributed by atoms with Crippen LogP contribution in [0.1, 0.15) is 18.4 Å². The molecule has 144 valence electrons. The number of aryl methyl sites for hydroxylation is 1. The van der Waals surface area contributed by atoms with Crippen LogP contribution in [0.15, 0.2) is 18.2 Å². The number of halogens is 1. The zero-order valence-electron chi connectivity index (χ0n) is 15.3. The van der Waals surface area contributed by atoms with Crippen molar-refractivity contribution < 1.29 is 13.2 Å². The van der Waals surface area contributed by atoms with Crippen molar-refractivity contribution in [1.29, 1.82) is 0 Å². The van der Waals surface area contributed by atoms with Gasteiger partial charge in [0.1, 0.15) is 0 Å². The van der Waals surface area contributed by atoms with Crippen LogP contribution in [0.2, 0.25) is 5.02 Å². The van der Waals surface area contributed by atoms with Gasteiger partial charge in [-0.25, -0.2) is 12.7 Å². The highest BCUT2D eigenvalue weighted by Gasteiger charge is 2.33. The van der Waals surface area contributed by atoms with Crippen molar-refractivity contribution in [2.24, 2.45) is 5.92 Å². The van der Waals surface area contributed by atoms with E-state index >= 15 is 0 Å². The first-order chi connectivity index (χ1) is 12.3. The van der Waals surface area contributed by atoms with Gasteiger partial charge in [0.2, 0.25) is 15.9 Å². The van der Waals surface area contributed by atoms with Gasteiger partial charge in [-0.15, -0.1) is 0 Å². The number of sulfonamides is 1. The number of piperidine rings is 1. The molecule has 0 N–H and O–H groups in total. The molecule has 1 amide bonds. The number of benzene rings is 1. The lowest BCUT2D eigenvalue weighted by Crippen LogP contribution is -2.53. The zero-order valence-corrected chi connectivity index (χ0v) is 16.9. The number of piperazine rings is 1.